The van der Waals surface area contributed by atoms with Crippen LogP contribution in [0, 0.1) is 0 Å². The molecule has 1 aliphatic rings. The zero-order chi connectivity index (χ0) is 23.0. The van der Waals surface area contributed by atoms with E-state index in [0.29, 0.717) is 23.8 Å². The number of carbonyl (C=O) groups is 1. The maximum Gasteiger partial charge on any atom is 0.305 e. The normalized spacial score (nSPS) is 20.0. The van der Waals surface area contributed by atoms with Crippen LogP contribution in [0.4, 0.5) is 0 Å². The molecule has 0 bridgehead atoms. The number of phenolic OH excluding ortho intramolecular Hbond substituents is 2. The molecule has 174 valence electrons. The van der Waals surface area contributed by atoms with Crippen LogP contribution in [-0.2, 0) is 14.9 Å². The van der Waals surface area contributed by atoms with E-state index < -0.39 is 0 Å². The van der Waals surface area contributed by atoms with Gasteiger partial charge in [0.2, 0.25) is 0 Å². The summed E-state index contributed by atoms with van der Waals surface area (Å²) < 4.78 is 4.69. The van der Waals surface area contributed by atoms with Crippen molar-refractivity contribution in [2.45, 2.75) is 80.9 Å². The second-order valence-corrected chi connectivity index (χ2v) is 10.1. The van der Waals surface area contributed by atoms with Gasteiger partial charge in [0.25, 0.3) is 0 Å². The summed E-state index contributed by atoms with van der Waals surface area (Å²) in [7, 11) is 1.45. The van der Waals surface area contributed by atoms with Gasteiger partial charge in [-0.15, -0.1) is 11.8 Å². The molecule has 4 nitrogen and oxygen atoms in total. The lowest BCUT2D eigenvalue weighted by Gasteiger charge is -2.43. The molecule has 0 radical (unpaired) electrons. The first-order chi connectivity index (χ1) is 15.4. The Morgan fingerprint density at radius 2 is 1.59 bits per heavy atom. The van der Waals surface area contributed by atoms with Gasteiger partial charge < -0.3 is 14.9 Å². The zero-order valence-electron chi connectivity index (χ0n) is 19.3. The Bertz CT molecular complexity index is 880. The smallest absolute Gasteiger partial charge is 0.305 e. The van der Waals surface area contributed by atoms with E-state index in [1.807, 2.05) is 23.9 Å². The molecule has 5 heteroatoms. The van der Waals surface area contributed by atoms with E-state index in [0.717, 1.165) is 25.0 Å². The fraction of sp³-hybridized carbons (Fsp3) is 0.519. The topological polar surface area (TPSA) is 66.8 Å². The van der Waals surface area contributed by atoms with Crippen LogP contribution in [0.15, 0.2) is 47.4 Å². The molecule has 1 heterocycles. The lowest BCUT2D eigenvalue weighted by molar-refractivity contribution is -0.140. The lowest BCUT2D eigenvalue weighted by atomic mass is 9.68. The Kier molecular flexibility index (Phi) is 8.92. The Balaban J connectivity index is 1.57. The quantitative estimate of drug-likeness (QED) is 0.283. The van der Waals surface area contributed by atoms with Gasteiger partial charge in [0.1, 0.15) is 11.5 Å². The third-order valence-corrected chi connectivity index (χ3v) is 8.21. The van der Waals surface area contributed by atoms with Crippen LogP contribution in [-0.4, -0.2) is 29.0 Å². The Morgan fingerprint density at radius 1 is 0.969 bits per heavy atom. The summed E-state index contributed by atoms with van der Waals surface area (Å²) in [6.07, 6.45) is 9.62. The molecular weight excluding hydrogens is 420 g/mol. The van der Waals surface area contributed by atoms with Crippen molar-refractivity contribution in [1.82, 2.24) is 0 Å². The lowest BCUT2D eigenvalue weighted by Crippen LogP contribution is -2.36. The Labute approximate surface area is 196 Å². The molecule has 0 saturated heterocycles. The van der Waals surface area contributed by atoms with Gasteiger partial charge in [-0.3, -0.25) is 4.79 Å². The number of rotatable bonds is 11. The van der Waals surface area contributed by atoms with Gasteiger partial charge in [-0.05, 0) is 54.2 Å². The van der Waals surface area contributed by atoms with Crippen LogP contribution in [0.25, 0.3) is 0 Å². The van der Waals surface area contributed by atoms with Gasteiger partial charge in [-0.2, -0.15) is 0 Å². The number of aromatic hydroxyl groups is 2. The SMILES string of the molecule is COC(=O)CCCCCCCCC[C@@H]1c2ccc(O)cc2SC[C@@]1(C)c1ccc(O)cc1. The van der Waals surface area contributed by atoms with E-state index in [-0.39, 0.29) is 11.4 Å². The Morgan fingerprint density at radius 3 is 2.28 bits per heavy atom. The Hall–Kier alpha value is -2.14. The van der Waals surface area contributed by atoms with Crippen LogP contribution in [0.2, 0.25) is 0 Å². The van der Waals surface area contributed by atoms with Gasteiger partial charge in [0.05, 0.1) is 7.11 Å². The minimum atomic E-state index is -0.110. The van der Waals surface area contributed by atoms with Crippen molar-refractivity contribution in [3.05, 3.63) is 53.6 Å². The predicted octanol–water partition coefficient (Wildman–Crippen LogP) is 6.93. The monoisotopic (exact) mass is 456 g/mol. The van der Waals surface area contributed by atoms with E-state index in [1.54, 1.807) is 12.1 Å². The maximum atomic E-state index is 11.2. The fourth-order valence-electron chi connectivity index (χ4n) is 4.81. The number of hydrogen-bond acceptors (Lipinski definition) is 5. The molecule has 0 saturated carbocycles. The van der Waals surface area contributed by atoms with Gasteiger partial charge in [0, 0.05) is 22.5 Å². The number of phenols is 2. The molecule has 3 rings (SSSR count). The number of unbranched alkanes of at least 4 members (excludes halogenated alkanes) is 6. The standard InChI is InChI=1S/C27H36O4S/c1-27(20-12-14-21(28)15-13-20)19-32-25-18-22(29)16-17-23(25)24(27)10-8-6-4-3-5-7-9-11-26(30)31-2/h12-18,24,28-29H,3-11,19H2,1-2H3/t24-,27+/m1/s1. The highest BCUT2D eigenvalue weighted by Gasteiger charge is 2.41. The minimum absolute atomic E-state index is 0.0176. The first-order valence-electron chi connectivity index (χ1n) is 11.8. The summed E-state index contributed by atoms with van der Waals surface area (Å²) in [6.45, 7) is 2.34. The summed E-state index contributed by atoms with van der Waals surface area (Å²) in [6, 6.07) is 13.5. The van der Waals surface area contributed by atoms with Gasteiger partial charge in [0.15, 0.2) is 0 Å². The summed E-state index contributed by atoms with van der Waals surface area (Å²) in [4.78, 5) is 12.4. The molecule has 0 aromatic heterocycles. The van der Waals surface area contributed by atoms with Gasteiger partial charge in [-0.1, -0.05) is 63.6 Å². The number of ether oxygens (including phenoxy) is 1. The van der Waals surface area contributed by atoms with Crippen molar-refractivity contribution in [3.8, 4) is 11.5 Å². The molecule has 2 N–H and O–H groups in total. The highest BCUT2D eigenvalue weighted by atomic mass is 32.2. The number of methoxy groups -OCH3 is 1. The molecule has 0 amide bonds. The van der Waals surface area contributed by atoms with Gasteiger partial charge >= 0.3 is 5.97 Å². The van der Waals surface area contributed by atoms with Crippen LogP contribution >= 0.6 is 11.8 Å². The second kappa shape index (κ2) is 11.6. The largest absolute Gasteiger partial charge is 0.508 e. The van der Waals surface area contributed by atoms with E-state index >= 15 is 0 Å². The van der Waals surface area contributed by atoms with Crippen LogP contribution in [0.5, 0.6) is 11.5 Å². The van der Waals surface area contributed by atoms with E-state index in [4.69, 9.17) is 0 Å². The molecule has 2 aromatic carbocycles. The molecular formula is C27H36O4S. The van der Waals surface area contributed by atoms with Crippen LogP contribution in [0.3, 0.4) is 0 Å². The average molecular weight is 457 g/mol. The number of benzene rings is 2. The number of fused-ring (bicyclic) bond motifs is 1. The number of carbonyl (C=O) groups excluding carboxylic acids is 1. The molecule has 32 heavy (non-hydrogen) atoms. The summed E-state index contributed by atoms with van der Waals surface area (Å²) in [5.74, 6) is 1.86. The number of esters is 1. The third-order valence-electron chi connectivity index (χ3n) is 6.80. The number of thioether (sulfide) groups is 1. The van der Waals surface area contributed by atoms with Crippen molar-refractivity contribution in [1.29, 1.82) is 0 Å². The summed E-state index contributed by atoms with van der Waals surface area (Å²) >= 11 is 1.82. The first-order valence-corrected chi connectivity index (χ1v) is 12.7. The van der Waals surface area contributed by atoms with E-state index in [2.05, 4.69) is 29.9 Å². The highest BCUT2D eigenvalue weighted by Crippen LogP contribution is 2.52. The molecule has 2 aromatic rings. The van der Waals surface area contributed by atoms with Crippen LogP contribution in [0.1, 0.15) is 81.8 Å². The van der Waals surface area contributed by atoms with Crippen molar-refractivity contribution in [3.63, 3.8) is 0 Å². The fourth-order valence-corrected chi connectivity index (χ4v) is 6.22. The van der Waals surface area contributed by atoms with Crippen LogP contribution < -0.4 is 0 Å². The zero-order valence-corrected chi connectivity index (χ0v) is 20.1. The first kappa shape index (κ1) is 24.5. The highest BCUT2D eigenvalue weighted by molar-refractivity contribution is 7.99. The van der Waals surface area contributed by atoms with Crippen molar-refractivity contribution >= 4 is 17.7 Å². The molecule has 0 aliphatic carbocycles. The van der Waals surface area contributed by atoms with Crippen molar-refractivity contribution in [2.75, 3.05) is 12.9 Å². The number of hydrogen-bond donors (Lipinski definition) is 2. The summed E-state index contributed by atoms with van der Waals surface area (Å²) in [5.41, 5.74) is 2.57. The molecule has 2 atom stereocenters. The van der Waals surface area contributed by atoms with Crippen molar-refractivity contribution < 1.29 is 19.7 Å². The maximum absolute atomic E-state index is 11.2. The summed E-state index contributed by atoms with van der Waals surface area (Å²) in [5, 5.41) is 19.7. The molecule has 0 spiro atoms. The second-order valence-electron chi connectivity index (χ2n) is 9.12. The predicted molar refractivity (Wildman–Crippen MR) is 131 cm³/mol. The van der Waals surface area contributed by atoms with E-state index in [1.165, 1.54) is 55.2 Å². The minimum Gasteiger partial charge on any atom is -0.508 e. The van der Waals surface area contributed by atoms with Gasteiger partial charge in [-0.25, -0.2) is 0 Å². The molecule has 0 unspecified atom stereocenters. The molecule has 1 aliphatic heterocycles. The average Bonchev–Trinajstić information content (AvgIpc) is 2.79. The molecule has 0 fully saturated rings. The van der Waals surface area contributed by atoms with Crippen molar-refractivity contribution in [2.24, 2.45) is 0 Å². The van der Waals surface area contributed by atoms with E-state index in [9.17, 15) is 15.0 Å². The third kappa shape index (κ3) is 6.22.